The van der Waals surface area contributed by atoms with Gasteiger partial charge in [-0.25, -0.2) is 0 Å². The van der Waals surface area contributed by atoms with E-state index in [0.717, 1.165) is 0 Å². The molecule has 2 aromatic carbocycles. The first-order chi connectivity index (χ1) is 18.1. The molecule has 8 heteroatoms. The van der Waals surface area contributed by atoms with Crippen molar-refractivity contribution in [2.75, 3.05) is 10.6 Å². The molecule has 0 spiro atoms. The number of terminal acetylenes is 4. The summed E-state index contributed by atoms with van der Waals surface area (Å²) in [6.45, 7) is 0. The SMILES string of the molecule is C#Cc1cc(C#C)cc(NC(=O)C2CC(C(=O)O)C(C(=O)Nc3cc(C#C)cc(C#C)c3)CC2C(=O)O)c1. The molecule has 4 unspecified atom stereocenters. The van der Waals surface area contributed by atoms with Crippen molar-refractivity contribution in [1.29, 1.82) is 0 Å². The minimum Gasteiger partial charge on any atom is -0.481 e. The van der Waals surface area contributed by atoms with Gasteiger partial charge in [-0.15, -0.1) is 25.7 Å². The lowest BCUT2D eigenvalue weighted by Gasteiger charge is -2.36. The number of anilines is 2. The lowest BCUT2D eigenvalue weighted by atomic mass is 9.67. The summed E-state index contributed by atoms with van der Waals surface area (Å²) >= 11 is 0. The van der Waals surface area contributed by atoms with E-state index < -0.39 is 47.4 Å². The van der Waals surface area contributed by atoms with Crippen LogP contribution in [0.15, 0.2) is 36.4 Å². The monoisotopic (exact) mass is 506 g/mol. The topological polar surface area (TPSA) is 133 Å². The van der Waals surface area contributed by atoms with Crippen LogP contribution in [-0.4, -0.2) is 34.0 Å². The van der Waals surface area contributed by atoms with Crippen molar-refractivity contribution in [2.45, 2.75) is 12.8 Å². The van der Waals surface area contributed by atoms with Gasteiger partial charge in [-0.1, -0.05) is 23.7 Å². The first-order valence-corrected chi connectivity index (χ1v) is 11.3. The molecule has 0 heterocycles. The maximum atomic E-state index is 13.1. The summed E-state index contributed by atoms with van der Waals surface area (Å²) < 4.78 is 0. The van der Waals surface area contributed by atoms with Gasteiger partial charge in [0.05, 0.1) is 23.7 Å². The zero-order valence-electron chi connectivity index (χ0n) is 20.0. The van der Waals surface area contributed by atoms with E-state index in [9.17, 15) is 29.4 Å². The van der Waals surface area contributed by atoms with Crippen molar-refractivity contribution in [3.8, 4) is 49.4 Å². The Hall–Kier alpha value is -5.44. The maximum absolute atomic E-state index is 13.1. The van der Waals surface area contributed by atoms with Crippen molar-refractivity contribution in [3.63, 3.8) is 0 Å². The Morgan fingerprint density at radius 1 is 0.579 bits per heavy atom. The van der Waals surface area contributed by atoms with Gasteiger partial charge in [0.2, 0.25) is 11.8 Å². The highest BCUT2D eigenvalue weighted by Crippen LogP contribution is 2.40. The Kier molecular flexibility index (Phi) is 8.24. The normalized spacial score (nSPS) is 19.9. The third kappa shape index (κ3) is 6.03. The Labute approximate surface area is 219 Å². The van der Waals surface area contributed by atoms with Gasteiger partial charge < -0.3 is 20.8 Å². The third-order valence-corrected chi connectivity index (χ3v) is 6.36. The van der Waals surface area contributed by atoms with E-state index in [1.807, 2.05) is 0 Å². The molecule has 3 rings (SSSR count). The lowest BCUT2D eigenvalue weighted by molar-refractivity contribution is -0.158. The molecule has 8 nitrogen and oxygen atoms in total. The van der Waals surface area contributed by atoms with Crippen molar-refractivity contribution in [2.24, 2.45) is 23.7 Å². The van der Waals surface area contributed by atoms with Gasteiger partial charge in [0.15, 0.2) is 0 Å². The van der Waals surface area contributed by atoms with Crippen LogP contribution in [0.2, 0.25) is 0 Å². The van der Waals surface area contributed by atoms with E-state index in [1.54, 1.807) is 12.1 Å². The molecule has 4 N–H and O–H groups in total. The number of aliphatic carboxylic acids is 2. The zero-order chi connectivity index (χ0) is 28.0. The Balaban J connectivity index is 1.88. The second-order valence-corrected chi connectivity index (χ2v) is 8.73. The smallest absolute Gasteiger partial charge is 0.307 e. The molecule has 0 saturated heterocycles. The van der Waals surface area contributed by atoms with Crippen LogP contribution < -0.4 is 10.6 Å². The second kappa shape index (κ2) is 11.5. The van der Waals surface area contributed by atoms with Crippen LogP contribution in [0.4, 0.5) is 11.4 Å². The van der Waals surface area contributed by atoms with Crippen molar-refractivity contribution in [3.05, 3.63) is 58.7 Å². The fourth-order valence-electron chi connectivity index (χ4n) is 4.53. The van der Waals surface area contributed by atoms with Crippen LogP contribution in [-0.2, 0) is 19.2 Å². The second-order valence-electron chi connectivity index (χ2n) is 8.73. The number of benzene rings is 2. The first-order valence-electron chi connectivity index (χ1n) is 11.3. The minimum atomic E-state index is -1.34. The minimum absolute atomic E-state index is 0.243. The molecule has 2 aromatic rings. The van der Waals surface area contributed by atoms with Gasteiger partial charge in [0.1, 0.15) is 0 Å². The van der Waals surface area contributed by atoms with Gasteiger partial charge in [0, 0.05) is 33.6 Å². The predicted molar refractivity (Wildman–Crippen MR) is 140 cm³/mol. The van der Waals surface area contributed by atoms with Crippen molar-refractivity contribution in [1.82, 2.24) is 0 Å². The number of rotatable bonds is 6. The molecular formula is C30H22N2O6. The molecule has 1 saturated carbocycles. The quantitative estimate of drug-likeness (QED) is 0.446. The molecule has 1 aliphatic carbocycles. The number of hydrogen-bond acceptors (Lipinski definition) is 4. The number of carbonyl (C=O) groups is 4. The van der Waals surface area contributed by atoms with Gasteiger partial charge in [0.25, 0.3) is 0 Å². The standard InChI is InChI=1S/C30H22N2O6/c1-5-17-9-18(6-2)12-21(11-17)31-27(33)23-15-26(30(37)38)24(16-25(23)29(35)36)28(34)32-22-13-19(7-3)10-20(8-4)14-22/h1-4,9-14,23-26H,15-16H2,(H,31,33)(H,32,34)(H,35,36)(H,37,38). The average Bonchev–Trinajstić information content (AvgIpc) is 2.91. The largest absolute Gasteiger partial charge is 0.481 e. The Morgan fingerprint density at radius 3 is 1.11 bits per heavy atom. The molecule has 0 bridgehead atoms. The summed E-state index contributed by atoms with van der Waals surface area (Å²) in [6, 6.07) is 9.06. The number of hydrogen-bond donors (Lipinski definition) is 4. The highest BCUT2D eigenvalue weighted by Gasteiger charge is 2.49. The van der Waals surface area contributed by atoms with Gasteiger partial charge in [-0.3, -0.25) is 19.2 Å². The summed E-state index contributed by atoms with van der Waals surface area (Å²) in [4.78, 5) is 50.6. The summed E-state index contributed by atoms with van der Waals surface area (Å²) in [7, 11) is 0. The first kappa shape index (κ1) is 27.2. The molecule has 2 amide bonds. The van der Waals surface area contributed by atoms with Crippen LogP contribution in [0.1, 0.15) is 35.1 Å². The number of carbonyl (C=O) groups excluding carboxylic acids is 2. The molecule has 0 radical (unpaired) electrons. The number of nitrogens with one attached hydrogen (secondary N) is 2. The maximum Gasteiger partial charge on any atom is 0.307 e. The molecule has 1 fully saturated rings. The van der Waals surface area contributed by atoms with E-state index in [1.165, 1.54) is 24.3 Å². The van der Waals surface area contributed by atoms with E-state index >= 15 is 0 Å². The third-order valence-electron chi connectivity index (χ3n) is 6.36. The molecular weight excluding hydrogens is 484 g/mol. The fraction of sp³-hybridized carbons (Fsp3) is 0.200. The van der Waals surface area contributed by atoms with E-state index in [4.69, 9.17) is 25.7 Å². The zero-order valence-corrected chi connectivity index (χ0v) is 20.0. The molecule has 4 atom stereocenters. The van der Waals surface area contributed by atoms with Crippen LogP contribution in [0.25, 0.3) is 0 Å². The summed E-state index contributed by atoms with van der Waals surface area (Å²) in [6.07, 6.45) is 21.0. The predicted octanol–water partition coefficient (Wildman–Crippen LogP) is 2.62. The number of carboxylic acids is 2. The van der Waals surface area contributed by atoms with Crippen LogP contribution >= 0.6 is 0 Å². The highest BCUT2D eigenvalue weighted by atomic mass is 16.4. The Bertz CT molecular complexity index is 1320. The molecule has 0 aliphatic heterocycles. The van der Waals surface area contributed by atoms with E-state index in [-0.39, 0.29) is 24.2 Å². The van der Waals surface area contributed by atoms with Crippen LogP contribution in [0.5, 0.6) is 0 Å². The number of amides is 2. The van der Waals surface area contributed by atoms with Crippen LogP contribution in [0.3, 0.4) is 0 Å². The lowest BCUT2D eigenvalue weighted by Crippen LogP contribution is -2.47. The highest BCUT2D eigenvalue weighted by molar-refractivity contribution is 5.99. The molecule has 188 valence electrons. The van der Waals surface area contributed by atoms with Crippen molar-refractivity contribution < 1.29 is 29.4 Å². The number of carboxylic acid groups (broad SMARTS) is 2. The van der Waals surface area contributed by atoms with Gasteiger partial charge in [-0.2, -0.15) is 0 Å². The summed E-state index contributed by atoms with van der Waals surface area (Å²) in [5, 5.41) is 24.9. The molecule has 1 aliphatic rings. The van der Waals surface area contributed by atoms with E-state index in [2.05, 4.69) is 34.3 Å². The van der Waals surface area contributed by atoms with Gasteiger partial charge in [-0.05, 0) is 49.2 Å². The summed E-state index contributed by atoms with van der Waals surface area (Å²) in [5.41, 5.74) is 2.08. The average molecular weight is 507 g/mol. The molecule has 38 heavy (non-hydrogen) atoms. The fourth-order valence-corrected chi connectivity index (χ4v) is 4.53. The molecule has 0 aromatic heterocycles. The van der Waals surface area contributed by atoms with Crippen LogP contribution in [0, 0.1) is 73.0 Å². The Morgan fingerprint density at radius 2 is 0.868 bits per heavy atom. The van der Waals surface area contributed by atoms with Crippen molar-refractivity contribution >= 4 is 35.1 Å². The van der Waals surface area contributed by atoms with E-state index in [0.29, 0.717) is 22.3 Å². The van der Waals surface area contributed by atoms with Gasteiger partial charge >= 0.3 is 11.9 Å². The summed E-state index contributed by atoms with van der Waals surface area (Å²) in [5.74, 6) is 0.395.